The van der Waals surface area contributed by atoms with Crippen molar-refractivity contribution in [1.29, 1.82) is 0 Å². The first-order valence-corrected chi connectivity index (χ1v) is 8.36. The topological polar surface area (TPSA) is 84.5 Å². The van der Waals surface area contributed by atoms with E-state index < -0.39 is 6.03 Å². The molecule has 1 aromatic heterocycles. The monoisotopic (exact) mass is 384 g/mol. The molecule has 8 heteroatoms. The van der Waals surface area contributed by atoms with Crippen molar-refractivity contribution >= 4 is 29.0 Å². The molecule has 7 nitrogen and oxygen atoms in total. The van der Waals surface area contributed by atoms with Crippen molar-refractivity contribution in [3.63, 3.8) is 0 Å². The van der Waals surface area contributed by atoms with Crippen molar-refractivity contribution in [3.05, 3.63) is 72.0 Å². The molecular weight excluding hydrogens is 368 g/mol. The molecule has 0 saturated heterocycles. The first-order valence-electron chi connectivity index (χ1n) is 7.98. The Balaban J connectivity index is 1.54. The molecule has 0 bridgehead atoms. The number of nitrogens with one attached hydrogen (secondary N) is 3. The van der Waals surface area contributed by atoms with Crippen LogP contribution in [0, 0.1) is 0 Å². The van der Waals surface area contributed by atoms with Gasteiger partial charge in [-0.3, -0.25) is 15.8 Å². The molecule has 0 atom stereocenters. The fourth-order valence-electron chi connectivity index (χ4n) is 2.21. The van der Waals surface area contributed by atoms with Gasteiger partial charge < -0.3 is 14.8 Å². The Morgan fingerprint density at radius 1 is 1.00 bits per heavy atom. The van der Waals surface area contributed by atoms with E-state index in [0.717, 1.165) is 0 Å². The minimum absolute atomic E-state index is 0.463. The van der Waals surface area contributed by atoms with Crippen LogP contribution in [-0.2, 0) is 0 Å². The van der Waals surface area contributed by atoms with E-state index in [9.17, 15) is 4.79 Å². The minimum atomic E-state index is -0.465. The van der Waals surface area contributed by atoms with Gasteiger partial charge in [0.1, 0.15) is 17.2 Å². The first kappa shape index (κ1) is 18.3. The van der Waals surface area contributed by atoms with Gasteiger partial charge in [0.15, 0.2) is 0 Å². The number of hydrogen-bond donors (Lipinski definition) is 3. The maximum Gasteiger partial charge on any atom is 0.337 e. The van der Waals surface area contributed by atoms with Gasteiger partial charge in [-0.05, 0) is 54.6 Å². The summed E-state index contributed by atoms with van der Waals surface area (Å²) in [6, 6.07) is 15.1. The molecule has 0 fully saturated rings. The lowest BCUT2D eigenvalue weighted by Crippen LogP contribution is -2.33. The molecule has 0 aliphatic carbocycles. The summed E-state index contributed by atoms with van der Waals surface area (Å²) in [4.78, 5) is 16.0. The van der Waals surface area contributed by atoms with Crippen LogP contribution in [0.25, 0.3) is 0 Å². The second-order valence-electron chi connectivity index (χ2n) is 5.36. The Bertz CT molecular complexity index is 905. The van der Waals surface area contributed by atoms with Crippen LogP contribution in [0.3, 0.4) is 0 Å². The molecule has 0 aliphatic rings. The van der Waals surface area contributed by atoms with Crippen LogP contribution in [0.1, 0.15) is 0 Å². The molecule has 3 N–H and O–H groups in total. The maximum absolute atomic E-state index is 12.1. The van der Waals surface area contributed by atoms with E-state index in [-0.39, 0.29) is 0 Å². The summed E-state index contributed by atoms with van der Waals surface area (Å²) in [5, 5.41) is 3.15. The fourth-order valence-corrected chi connectivity index (χ4v) is 2.38. The number of aromatic nitrogens is 1. The van der Waals surface area contributed by atoms with Crippen molar-refractivity contribution in [3.8, 4) is 17.2 Å². The number of nitrogens with zero attached hydrogens (tertiary/aromatic N) is 1. The standard InChI is InChI=1S/C19H17ClN4O3/c1-26-18-7-2-13(20)12-17(18)22-19(25)24-23-14-3-5-15(6-4-14)27-16-8-10-21-11-9-16/h2-12,23H,1H3,(H2,22,24,25). The number of anilines is 2. The summed E-state index contributed by atoms with van der Waals surface area (Å²) in [5.41, 5.74) is 6.49. The van der Waals surface area contributed by atoms with Crippen LogP contribution in [0.4, 0.5) is 16.2 Å². The number of carbonyl (C=O) groups is 1. The number of benzene rings is 2. The lowest BCUT2D eigenvalue weighted by Gasteiger charge is -2.13. The molecule has 1 heterocycles. The van der Waals surface area contributed by atoms with E-state index in [4.69, 9.17) is 21.1 Å². The molecular formula is C19H17ClN4O3. The molecule has 0 spiro atoms. The van der Waals surface area contributed by atoms with E-state index in [1.165, 1.54) is 7.11 Å². The van der Waals surface area contributed by atoms with E-state index in [1.807, 2.05) is 0 Å². The molecule has 0 unspecified atom stereocenters. The number of ether oxygens (including phenoxy) is 2. The predicted octanol–water partition coefficient (Wildman–Crippen LogP) is 4.68. The van der Waals surface area contributed by atoms with E-state index in [2.05, 4.69) is 21.2 Å². The first-order chi connectivity index (χ1) is 13.1. The summed E-state index contributed by atoms with van der Waals surface area (Å²) in [5.74, 6) is 1.87. The van der Waals surface area contributed by atoms with Gasteiger partial charge in [-0.25, -0.2) is 4.79 Å². The molecule has 2 aromatic carbocycles. The molecule has 0 radical (unpaired) electrons. The highest BCUT2D eigenvalue weighted by molar-refractivity contribution is 6.31. The van der Waals surface area contributed by atoms with Crippen molar-refractivity contribution in [2.45, 2.75) is 0 Å². The second-order valence-corrected chi connectivity index (χ2v) is 5.79. The van der Waals surface area contributed by atoms with Gasteiger partial charge in [0.25, 0.3) is 0 Å². The zero-order chi connectivity index (χ0) is 19.1. The van der Waals surface area contributed by atoms with Gasteiger partial charge >= 0.3 is 6.03 Å². The number of urea groups is 1. The van der Waals surface area contributed by atoms with Crippen molar-refractivity contribution in [2.75, 3.05) is 17.9 Å². The Morgan fingerprint density at radius 3 is 2.41 bits per heavy atom. The molecule has 27 heavy (non-hydrogen) atoms. The van der Waals surface area contributed by atoms with Crippen LogP contribution in [-0.4, -0.2) is 18.1 Å². The van der Waals surface area contributed by atoms with Crippen LogP contribution in [0.15, 0.2) is 67.0 Å². The van der Waals surface area contributed by atoms with Crippen LogP contribution >= 0.6 is 11.6 Å². The average Bonchev–Trinajstić information content (AvgIpc) is 2.68. The zero-order valence-electron chi connectivity index (χ0n) is 14.4. The Morgan fingerprint density at radius 2 is 1.70 bits per heavy atom. The highest BCUT2D eigenvalue weighted by Gasteiger charge is 2.08. The van der Waals surface area contributed by atoms with Crippen LogP contribution in [0.5, 0.6) is 17.2 Å². The van der Waals surface area contributed by atoms with Crippen molar-refractivity contribution < 1.29 is 14.3 Å². The van der Waals surface area contributed by atoms with E-state index in [1.54, 1.807) is 67.0 Å². The third-order valence-corrected chi connectivity index (χ3v) is 3.70. The third-order valence-electron chi connectivity index (χ3n) is 3.47. The van der Waals surface area contributed by atoms with Gasteiger partial charge in [-0.1, -0.05) is 11.6 Å². The molecule has 3 rings (SSSR count). The number of hydrazine groups is 1. The van der Waals surface area contributed by atoms with Gasteiger partial charge in [0.05, 0.1) is 18.5 Å². The molecule has 2 amide bonds. The lowest BCUT2D eigenvalue weighted by molar-refractivity contribution is 0.253. The third kappa shape index (κ3) is 5.26. The smallest absolute Gasteiger partial charge is 0.337 e. The van der Waals surface area contributed by atoms with Crippen LogP contribution < -0.4 is 25.6 Å². The van der Waals surface area contributed by atoms with Gasteiger partial charge in [0, 0.05) is 17.4 Å². The van der Waals surface area contributed by atoms with E-state index in [0.29, 0.717) is 33.6 Å². The average molecular weight is 385 g/mol. The van der Waals surface area contributed by atoms with Crippen molar-refractivity contribution in [1.82, 2.24) is 10.4 Å². The number of hydrogen-bond acceptors (Lipinski definition) is 5. The zero-order valence-corrected chi connectivity index (χ0v) is 15.2. The minimum Gasteiger partial charge on any atom is -0.495 e. The maximum atomic E-state index is 12.1. The summed E-state index contributed by atoms with van der Waals surface area (Å²) in [6.07, 6.45) is 3.31. The molecule has 3 aromatic rings. The number of methoxy groups -OCH3 is 1. The predicted molar refractivity (Wildman–Crippen MR) is 105 cm³/mol. The highest BCUT2D eigenvalue weighted by atomic mass is 35.5. The molecule has 0 aliphatic heterocycles. The number of amides is 2. The highest BCUT2D eigenvalue weighted by Crippen LogP contribution is 2.27. The summed E-state index contributed by atoms with van der Waals surface area (Å²) in [7, 11) is 1.51. The lowest BCUT2D eigenvalue weighted by atomic mass is 10.3. The number of pyridine rings is 1. The Hall–Kier alpha value is -3.45. The van der Waals surface area contributed by atoms with Gasteiger partial charge in [-0.2, -0.15) is 0 Å². The molecule has 138 valence electrons. The SMILES string of the molecule is COc1ccc(Cl)cc1NC(=O)NNc1ccc(Oc2ccncc2)cc1. The second kappa shape index (κ2) is 8.77. The Kier molecular flexibility index (Phi) is 5.96. The van der Waals surface area contributed by atoms with E-state index >= 15 is 0 Å². The molecule has 0 saturated carbocycles. The Labute approximate surface area is 161 Å². The number of halogens is 1. The van der Waals surface area contributed by atoms with Crippen molar-refractivity contribution in [2.24, 2.45) is 0 Å². The summed E-state index contributed by atoms with van der Waals surface area (Å²) < 4.78 is 10.9. The fraction of sp³-hybridized carbons (Fsp3) is 0.0526. The largest absolute Gasteiger partial charge is 0.495 e. The normalized spacial score (nSPS) is 10.0. The number of carbonyl (C=O) groups excluding carboxylic acids is 1. The summed E-state index contributed by atoms with van der Waals surface area (Å²) in [6.45, 7) is 0. The van der Waals surface area contributed by atoms with Gasteiger partial charge in [0.2, 0.25) is 0 Å². The van der Waals surface area contributed by atoms with Gasteiger partial charge in [-0.15, -0.1) is 0 Å². The quantitative estimate of drug-likeness (QED) is 0.537. The number of rotatable bonds is 6. The van der Waals surface area contributed by atoms with Crippen LogP contribution in [0.2, 0.25) is 5.02 Å². The summed E-state index contributed by atoms with van der Waals surface area (Å²) >= 11 is 5.94.